The lowest BCUT2D eigenvalue weighted by Crippen LogP contribution is -2.26. The molecule has 0 bridgehead atoms. The second kappa shape index (κ2) is 6.85. The van der Waals surface area contributed by atoms with Crippen molar-refractivity contribution in [3.63, 3.8) is 0 Å². The predicted octanol–water partition coefficient (Wildman–Crippen LogP) is 2.38. The normalized spacial score (nSPS) is 17.6. The van der Waals surface area contributed by atoms with Gasteiger partial charge < -0.3 is 10.6 Å². The van der Waals surface area contributed by atoms with Crippen LogP contribution in [0.1, 0.15) is 44.6 Å². The molecule has 1 fully saturated rings. The standard InChI is InChI=1S/C15H26N4/c1-3-14(16)8-13-9-17-15(18-10-13)19(2)11-12-6-4-5-7-12/h9-10,12,14H,3-8,11,16H2,1-2H3. The van der Waals surface area contributed by atoms with Crippen LogP contribution >= 0.6 is 0 Å². The highest BCUT2D eigenvalue weighted by Gasteiger charge is 2.18. The summed E-state index contributed by atoms with van der Waals surface area (Å²) in [6.07, 6.45) is 11.2. The van der Waals surface area contributed by atoms with Crippen LogP contribution in [0.5, 0.6) is 0 Å². The molecule has 4 heteroatoms. The first-order valence-corrected chi connectivity index (χ1v) is 7.46. The number of nitrogens with zero attached hydrogens (tertiary/aromatic N) is 3. The van der Waals surface area contributed by atoms with Gasteiger partial charge in [-0.1, -0.05) is 19.8 Å². The zero-order valence-electron chi connectivity index (χ0n) is 12.2. The van der Waals surface area contributed by atoms with Crippen molar-refractivity contribution in [2.24, 2.45) is 11.7 Å². The van der Waals surface area contributed by atoms with Gasteiger partial charge in [0.2, 0.25) is 5.95 Å². The summed E-state index contributed by atoms with van der Waals surface area (Å²) in [6, 6.07) is 0.214. The molecule has 0 spiro atoms. The third-order valence-electron chi connectivity index (χ3n) is 4.06. The Kier molecular flexibility index (Phi) is 5.14. The highest BCUT2D eigenvalue weighted by Crippen LogP contribution is 2.25. The molecule has 106 valence electrons. The molecule has 1 aromatic heterocycles. The van der Waals surface area contributed by atoms with Gasteiger partial charge in [-0.2, -0.15) is 0 Å². The minimum absolute atomic E-state index is 0.214. The van der Waals surface area contributed by atoms with E-state index in [9.17, 15) is 0 Å². The molecule has 1 aliphatic rings. The first-order valence-electron chi connectivity index (χ1n) is 7.46. The molecule has 19 heavy (non-hydrogen) atoms. The van der Waals surface area contributed by atoms with Crippen molar-refractivity contribution >= 4 is 5.95 Å². The first-order chi connectivity index (χ1) is 9.19. The molecule has 1 aliphatic carbocycles. The van der Waals surface area contributed by atoms with Gasteiger partial charge >= 0.3 is 0 Å². The molecular weight excluding hydrogens is 236 g/mol. The van der Waals surface area contributed by atoms with Crippen molar-refractivity contribution in [2.45, 2.75) is 51.5 Å². The van der Waals surface area contributed by atoms with E-state index in [1.165, 1.54) is 25.7 Å². The van der Waals surface area contributed by atoms with Gasteiger partial charge in [-0.15, -0.1) is 0 Å². The minimum atomic E-state index is 0.214. The van der Waals surface area contributed by atoms with Crippen molar-refractivity contribution < 1.29 is 0 Å². The van der Waals surface area contributed by atoms with Crippen LogP contribution in [0.15, 0.2) is 12.4 Å². The Morgan fingerprint density at radius 3 is 2.53 bits per heavy atom. The van der Waals surface area contributed by atoms with Gasteiger partial charge in [0.15, 0.2) is 0 Å². The summed E-state index contributed by atoms with van der Waals surface area (Å²) in [5.74, 6) is 1.66. The molecule has 2 N–H and O–H groups in total. The van der Waals surface area contributed by atoms with Gasteiger partial charge in [0.25, 0.3) is 0 Å². The molecular formula is C15H26N4. The van der Waals surface area contributed by atoms with Crippen LogP contribution in [0.3, 0.4) is 0 Å². The van der Waals surface area contributed by atoms with Gasteiger partial charge in [-0.25, -0.2) is 9.97 Å². The fourth-order valence-electron chi connectivity index (χ4n) is 2.76. The molecule has 1 heterocycles. The Balaban J connectivity index is 1.89. The second-order valence-electron chi connectivity index (χ2n) is 5.79. The summed E-state index contributed by atoms with van der Waals surface area (Å²) < 4.78 is 0. The van der Waals surface area contributed by atoms with Crippen molar-refractivity contribution in [2.75, 3.05) is 18.5 Å². The zero-order valence-corrected chi connectivity index (χ0v) is 12.2. The maximum atomic E-state index is 5.95. The third kappa shape index (κ3) is 4.16. The molecule has 1 atom stereocenters. The molecule has 1 saturated carbocycles. The zero-order chi connectivity index (χ0) is 13.7. The van der Waals surface area contributed by atoms with E-state index in [-0.39, 0.29) is 6.04 Å². The van der Waals surface area contributed by atoms with E-state index in [2.05, 4.69) is 28.8 Å². The smallest absolute Gasteiger partial charge is 0.224 e. The summed E-state index contributed by atoms with van der Waals surface area (Å²) >= 11 is 0. The van der Waals surface area contributed by atoms with E-state index in [4.69, 9.17) is 5.73 Å². The maximum absolute atomic E-state index is 5.95. The third-order valence-corrected chi connectivity index (χ3v) is 4.06. The Morgan fingerprint density at radius 1 is 1.32 bits per heavy atom. The summed E-state index contributed by atoms with van der Waals surface area (Å²) in [7, 11) is 2.09. The predicted molar refractivity (Wildman–Crippen MR) is 79.2 cm³/mol. The number of rotatable bonds is 6. The van der Waals surface area contributed by atoms with Crippen LogP contribution in [-0.4, -0.2) is 29.6 Å². The lowest BCUT2D eigenvalue weighted by atomic mass is 10.1. The molecule has 0 radical (unpaired) electrons. The fraction of sp³-hybridized carbons (Fsp3) is 0.733. The molecule has 0 amide bonds. The lowest BCUT2D eigenvalue weighted by Gasteiger charge is -2.21. The van der Waals surface area contributed by atoms with E-state index in [0.29, 0.717) is 0 Å². The summed E-state index contributed by atoms with van der Waals surface area (Å²) in [6.45, 7) is 3.18. The number of hydrogen-bond acceptors (Lipinski definition) is 4. The summed E-state index contributed by atoms with van der Waals surface area (Å²) in [5.41, 5.74) is 7.08. The van der Waals surface area contributed by atoms with Crippen LogP contribution in [0.2, 0.25) is 0 Å². The van der Waals surface area contributed by atoms with E-state index < -0.39 is 0 Å². The molecule has 0 aliphatic heterocycles. The lowest BCUT2D eigenvalue weighted by molar-refractivity contribution is 0.542. The van der Waals surface area contributed by atoms with Crippen molar-refractivity contribution in [3.8, 4) is 0 Å². The quantitative estimate of drug-likeness (QED) is 0.855. The Labute approximate surface area is 116 Å². The molecule has 1 aromatic rings. The fourth-order valence-corrected chi connectivity index (χ4v) is 2.76. The molecule has 1 unspecified atom stereocenters. The number of aromatic nitrogens is 2. The van der Waals surface area contributed by atoms with Crippen LogP contribution in [-0.2, 0) is 6.42 Å². The van der Waals surface area contributed by atoms with E-state index in [1.807, 2.05) is 12.4 Å². The second-order valence-corrected chi connectivity index (χ2v) is 5.79. The van der Waals surface area contributed by atoms with Gasteiger partial charge in [0.1, 0.15) is 0 Å². The first kappa shape index (κ1) is 14.3. The Hall–Kier alpha value is -1.16. The van der Waals surface area contributed by atoms with Gasteiger partial charge in [0, 0.05) is 32.0 Å². The van der Waals surface area contributed by atoms with Crippen LogP contribution in [0.4, 0.5) is 5.95 Å². The van der Waals surface area contributed by atoms with Crippen LogP contribution in [0, 0.1) is 5.92 Å². The monoisotopic (exact) mass is 262 g/mol. The SMILES string of the molecule is CCC(N)Cc1cnc(N(C)CC2CCCC2)nc1. The maximum Gasteiger partial charge on any atom is 0.224 e. The number of anilines is 1. The molecule has 2 rings (SSSR count). The van der Waals surface area contributed by atoms with Crippen molar-refractivity contribution in [3.05, 3.63) is 18.0 Å². The molecule has 0 aromatic carbocycles. The largest absolute Gasteiger partial charge is 0.344 e. The Morgan fingerprint density at radius 2 is 1.95 bits per heavy atom. The highest BCUT2D eigenvalue weighted by atomic mass is 15.2. The summed E-state index contributed by atoms with van der Waals surface area (Å²) in [5, 5.41) is 0. The van der Waals surface area contributed by atoms with E-state index in [0.717, 1.165) is 36.8 Å². The van der Waals surface area contributed by atoms with Crippen LogP contribution < -0.4 is 10.6 Å². The van der Waals surface area contributed by atoms with Gasteiger partial charge in [-0.3, -0.25) is 0 Å². The Bertz CT molecular complexity index is 370. The highest BCUT2D eigenvalue weighted by molar-refractivity contribution is 5.28. The van der Waals surface area contributed by atoms with E-state index >= 15 is 0 Å². The van der Waals surface area contributed by atoms with Gasteiger partial charge in [0.05, 0.1) is 0 Å². The number of nitrogens with two attached hydrogens (primary N) is 1. The topological polar surface area (TPSA) is 55.0 Å². The average Bonchev–Trinajstić information content (AvgIpc) is 2.92. The van der Waals surface area contributed by atoms with Gasteiger partial charge in [-0.05, 0) is 37.2 Å². The van der Waals surface area contributed by atoms with Crippen LogP contribution in [0.25, 0.3) is 0 Å². The van der Waals surface area contributed by atoms with E-state index in [1.54, 1.807) is 0 Å². The van der Waals surface area contributed by atoms with Crippen molar-refractivity contribution in [1.82, 2.24) is 9.97 Å². The molecule has 4 nitrogen and oxygen atoms in total. The summed E-state index contributed by atoms with van der Waals surface area (Å²) in [4.78, 5) is 11.1. The average molecular weight is 262 g/mol. The van der Waals surface area contributed by atoms with Crippen molar-refractivity contribution in [1.29, 1.82) is 0 Å². The molecule has 0 saturated heterocycles. The number of hydrogen-bond donors (Lipinski definition) is 1. The minimum Gasteiger partial charge on any atom is -0.344 e.